The number of nitrogens with one attached hydrogen (secondary N) is 1. The molecule has 1 N–H and O–H groups in total. The number of benzene rings is 2. The first kappa shape index (κ1) is 16.4. The fourth-order valence-corrected chi connectivity index (χ4v) is 3.03. The Balaban J connectivity index is 1.74. The van der Waals surface area contributed by atoms with Gasteiger partial charge in [0.15, 0.2) is 0 Å². The molecule has 2 aromatic heterocycles. The fraction of sp³-hybridized carbons (Fsp3) is 0.0476. The lowest BCUT2D eigenvalue weighted by atomic mass is 10.0. The molecule has 26 heavy (non-hydrogen) atoms. The molecular formula is C21H16ClN3O. The minimum absolute atomic E-state index is 0.0967. The number of rotatable bonds is 3. The summed E-state index contributed by atoms with van der Waals surface area (Å²) in [7, 11) is 1.63. The lowest BCUT2D eigenvalue weighted by molar-refractivity contribution is 0.0963. The quantitative estimate of drug-likeness (QED) is 0.575. The largest absolute Gasteiger partial charge is 0.355 e. The molecule has 0 saturated carbocycles. The number of fused-ring (bicyclic) bond motifs is 1. The predicted octanol–water partition coefficient (Wildman–Crippen LogP) is 4.68. The number of amides is 1. The van der Waals surface area contributed by atoms with Gasteiger partial charge < -0.3 is 9.72 Å². The van der Waals surface area contributed by atoms with Crippen LogP contribution in [0.25, 0.3) is 28.0 Å². The van der Waals surface area contributed by atoms with Crippen LogP contribution in [-0.2, 0) is 0 Å². The van der Waals surface area contributed by atoms with E-state index in [1.807, 2.05) is 71.4 Å². The van der Waals surface area contributed by atoms with Crippen LogP contribution in [0.5, 0.6) is 0 Å². The molecule has 0 atom stereocenters. The van der Waals surface area contributed by atoms with Crippen LogP contribution in [0.1, 0.15) is 10.4 Å². The van der Waals surface area contributed by atoms with Gasteiger partial charge in [0.1, 0.15) is 5.65 Å². The van der Waals surface area contributed by atoms with Crippen LogP contribution in [0.3, 0.4) is 0 Å². The van der Waals surface area contributed by atoms with E-state index in [4.69, 9.17) is 11.6 Å². The van der Waals surface area contributed by atoms with Gasteiger partial charge >= 0.3 is 0 Å². The highest BCUT2D eigenvalue weighted by Gasteiger charge is 2.08. The van der Waals surface area contributed by atoms with Crippen LogP contribution in [0.2, 0.25) is 5.02 Å². The number of carbonyl (C=O) groups excluding carboxylic acids is 1. The van der Waals surface area contributed by atoms with Gasteiger partial charge in [-0.25, -0.2) is 4.98 Å². The third-order valence-electron chi connectivity index (χ3n) is 4.28. The summed E-state index contributed by atoms with van der Waals surface area (Å²) < 4.78 is 1.99. The summed E-state index contributed by atoms with van der Waals surface area (Å²) in [6.45, 7) is 0. The average molecular weight is 362 g/mol. The van der Waals surface area contributed by atoms with E-state index in [0.29, 0.717) is 10.6 Å². The zero-order valence-electron chi connectivity index (χ0n) is 14.1. The lowest BCUT2D eigenvalue weighted by Crippen LogP contribution is -2.17. The third-order valence-corrected chi connectivity index (χ3v) is 4.53. The third kappa shape index (κ3) is 3.07. The molecule has 2 aromatic carbocycles. The summed E-state index contributed by atoms with van der Waals surface area (Å²) in [5.41, 5.74) is 5.40. The molecule has 0 aliphatic rings. The smallest absolute Gasteiger partial charge is 0.251 e. The number of halogens is 1. The summed E-state index contributed by atoms with van der Waals surface area (Å²) in [4.78, 5) is 16.5. The second kappa shape index (κ2) is 6.65. The Morgan fingerprint density at radius 2 is 1.73 bits per heavy atom. The molecule has 0 spiro atoms. The van der Waals surface area contributed by atoms with Gasteiger partial charge in [-0.1, -0.05) is 35.9 Å². The normalized spacial score (nSPS) is 10.8. The second-order valence-corrected chi connectivity index (χ2v) is 6.41. The van der Waals surface area contributed by atoms with Crippen molar-refractivity contribution in [3.8, 4) is 22.4 Å². The molecule has 5 heteroatoms. The van der Waals surface area contributed by atoms with Crippen LogP contribution >= 0.6 is 11.6 Å². The van der Waals surface area contributed by atoms with Crippen molar-refractivity contribution in [1.29, 1.82) is 0 Å². The topological polar surface area (TPSA) is 46.4 Å². The number of hydrogen-bond donors (Lipinski definition) is 1. The molecule has 0 radical (unpaired) electrons. The SMILES string of the molecule is CNC(=O)c1cccc(-c2ccc3nc(-c4ccc(Cl)cc4)cn3c2)c1. The molecule has 0 fully saturated rings. The van der Waals surface area contributed by atoms with E-state index in [2.05, 4.69) is 10.3 Å². The van der Waals surface area contributed by atoms with Gasteiger partial charge in [-0.05, 0) is 47.5 Å². The van der Waals surface area contributed by atoms with E-state index < -0.39 is 0 Å². The zero-order valence-corrected chi connectivity index (χ0v) is 14.9. The van der Waals surface area contributed by atoms with Crippen molar-refractivity contribution < 1.29 is 4.79 Å². The number of imidazole rings is 1. The molecule has 4 aromatic rings. The maximum Gasteiger partial charge on any atom is 0.251 e. The second-order valence-electron chi connectivity index (χ2n) is 5.98. The standard InChI is InChI=1S/C21H16ClN3O/c1-23-21(26)16-4-2-3-15(11-16)17-7-10-20-24-19(13-25(20)12-17)14-5-8-18(22)9-6-14/h2-13H,1H3,(H,23,26). The fourth-order valence-electron chi connectivity index (χ4n) is 2.91. The lowest BCUT2D eigenvalue weighted by Gasteiger charge is -2.05. The molecule has 4 nitrogen and oxygen atoms in total. The Kier molecular flexibility index (Phi) is 4.19. The number of pyridine rings is 1. The summed E-state index contributed by atoms with van der Waals surface area (Å²) in [5, 5.41) is 3.36. The van der Waals surface area contributed by atoms with Crippen molar-refractivity contribution in [2.24, 2.45) is 0 Å². The summed E-state index contributed by atoms with van der Waals surface area (Å²) >= 11 is 5.96. The van der Waals surface area contributed by atoms with Crippen molar-refractivity contribution in [1.82, 2.24) is 14.7 Å². The highest BCUT2D eigenvalue weighted by atomic mass is 35.5. The van der Waals surface area contributed by atoms with E-state index >= 15 is 0 Å². The molecule has 0 saturated heterocycles. The first-order valence-corrected chi connectivity index (χ1v) is 8.59. The monoisotopic (exact) mass is 361 g/mol. The van der Waals surface area contributed by atoms with Crippen LogP contribution in [0.15, 0.2) is 73.1 Å². The molecule has 0 aliphatic carbocycles. The predicted molar refractivity (Wildman–Crippen MR) is 104 cm³/mol. The van der Waals surface area contributed by atoms with E-state index in [1.165, 1.54) is 0 Å². The summed E-state index contributed by atoms with van der Waals surface area (Å²) in [6.07, 6.45) is 4.01. The number of carbonyl (C=O) groups is 1. The summed E-state index contributed by atoms with van der Waals surface area (Å²) in [6, 6.07) is 19.2. The van der Waals surface area contributed by atoms with Crippen LogP contribution in [0.4, 0.5) is 0 Å². The van der Waals surface area contributed by atoms with Gasteiger partial charge in [0.25, 0.3) is 5.91 Å². The van der Waals surface area contributed by atoms with Crippen LogP contribution in [0, 0.1) is 0 Å². The molecule has 0 aliphatic heterocycles. The van der Waals surface area contributed by atoms with Gasteiger partial charge in [0.2, 0.25) is 0 Å². The Morgan fingerprint density at radius 1 is 0.962 bits per heavy atom. The number of aromatic nitrogens is 2. The van der Waals surface area contributed by atoms with Gasteiger partial charge in [-0.3, -0.25) is 4.79 Å². The molecule has 0 bridgehead atoms. The van der Waals surface area contributed by atoms with E-state index in [9.17, 15) is 4.79 Å². The molecule has 1 amide bonds. The van der Waals surface area contributed by atoms with Crippen molar-refractivity contribution in [2.45, 2.75) is 0 Å². The van der Waals surface area contributed by atoms with Gasteiger partial charge in [-0.2, -0.15) is 0 Å². The summed E-state index contributed by atoms with van der Waals surface area (Å²) in [5.74, 6) is -0.0967. The average Bonchev–Trinajstić information content (AvgIpc) is 3.11. The van der Waals surface area contributed by atoms with Crippen molar-refractivity contribution in [2.75, 3.05) is 7.05 Å². The van der Waals surface area contributed by atoms with Crippen molar-refractivity contribution >= 4 is 23.2 Å². The Labute approximate surface area is 156 Å². The van der Waals surface area contributed by atoms with Gasteiger partial charge in [0, 0.05) is 35.6 Å². The highest BCUT2D eigenvalue weighted by molar-refractivity contribution is 6.30. The van der Waals surface area contributed by atoms with E-state index in [0.717, 1.165) is 28.0 Å². The van der Waals surface area contributed by atoms with Gasteiger partial charge in [-0.15, -0.1) is 0 Å². The Hall–Kier alpha value is -3.11. The Morgan fingerprint density at radius 3 is 2.50 bits per heavy atom. The maximum atomic E-state index is 11.9. The first-order chi connectivity index (χ1) is 12.6. The number of hydrogen-bond acceptors (Lipinski definition) is 2. The van der Waals surface area contributed by atoms with Crippen molar-refractivity contribution in [3.63, 3.8) is 0 Å². The number of nitrogens with zero attached hydrogens (tertiary/aromatic N) is 2. The van der Waals surface area contributed by atoms with Crippen LogP contribution in [-0.4, -0.2) is 22.3 Å². The molecule has 2 heterocycles. The molecule has 0 unspecified atom stereocenters. The Bertz CT molecular complexity index is 1100. The maximum absolute atomic E-state index is 11.9. The van der Waals surface area contributed by atoms with Crippen molar-refractivity contribution in [3.05, 3.63) is 83.6 Å². The molecule has 128 valence electrons. The van der Waals surface area contributed by atoms with E-state index in [1.54, 1.807) is 13.1 Å². The molecule has 4 rings (SSSR count). The highest BCUT2D eigenvalue weighted by Crippen LogP contribution is 2.25. The first-order valence-electron chi connectivity index (χ1n) is 8.21. The van der Waals surface area contributed by atoms with E-state index in [-0.39, 0.29) is 5.91 Å². The minimum atomic E-state index is -0.0967. The van der Waals surface area contributed by atoms with Gasteiger partial charge in [0.05, 0.1) is 5.69 Å². The zero-order chi connectivity index (χ0) is 18.1. The van der Waals surface area contributed by atoms with Crippen LogP contribution < -0.4 is 5.32 Å². The minimum Gasteiger partial charge on any atom is -0.355 e. The molecular weight excluding hydrogens is 346 g/mol.